The van der Waals surface area contributed by atoms with Crippen LogP contribution in [0.1, 0.15) is 109 Å². The minimum atomic E-state index is -1.41. The number of esters is 1. The SMILES string of the molecule is CCCCCCCC/C=C/CCCCCCCC(=O)OC[C@H]1O[C@@H](n2cc(C)c(=O)[nH]c2=O)[C@@H](O)[C@@H]1O. The van der Waals surface area contributed by atoms with Gasteiger partial charge < -0.3 is 19.7 Å². The zero-order valence-electron chi connectivity index (χ0n) is 22.5. The van der Waals surface area contributed by atoms with Gasteiger partial charge in [-0.15, -0.1) is 0 Å². The number of rotatable bonds is 18. The van der Waals surface area contributed by atoms with Gasteiger partial charge in [0.2, 0.25) is 0 Å². The van der Waals surface area contributed by atoms with Crippen molar-refractivity contribution in [1.82, 2.24) is 9.55 Å². The molecule has 37 heavy (non-hydrogen) atoms. The summed E-state index contributed by atoms with van der Waals surface area (Å²) in [6, 6.07) is 0. The second-order valence-corrected chi connectivity index (χ2v) is 10.0. The van der Waals surface area contributed by atoms with E-state index in [0.717, 1.165) is 43.1 Å². The molecular weight excluding hydrogens is 476 g/mol. The molecule has 9 nitrogen and oxygen atoms in total. The Hall–Kier alpha value is -2.23. The van der Waals surface area contributed by atoms with Crippen LogP contribution >= 0.6 is 0 Å². The van der Waals surface area contributed by atoms with Gasteiger partial charge >= 0.3 is 11.7 Å². The van der Waals surface area contributed by atoms with Crippen LogP contribution < -0.4 is 11.2 Å². The predicted molar refractivity (Wildman–Crippen MR) is 142 cm³/mol. The first-order valence-electron chi connectivity index (χ1n) is 14.0. The van der Waals surface area contributed by atoms with Gasteiger partial charge in [0, 0.05) is 18.2 Å². The summed E-state index contributed by atoms with van der Waals surface area (Å²) in [7, 11) is 0. The molecule has 0 aliphatic carbocycles. The minimum absolute atomic E-state index is 0.226. The van der Waals surface area contributed by atoms with Crippen molar-refractivity contribution in [3.63, 3.8) is 0 Å². The summed E-state index contributed by atoms with van der Waals surface area (Å²) in [5.41, 5.74) is -1.02. The maximum Gasteiger partial charge on any atom is 0.330 e. The fourth-order valence-electron chi connectivity index (χ4n) is 4.46. The predicted octanol–water partition coefficient (Wildman–Crippen LogP) is 4.04. The number of aliphatic hydroxyl groups excluding tert-OH is 2. The summed E-state index contributed by atoms with van der Waals surface area (Å²) in [6.45, 7) is 3.53. The van der Waals surface area contributed by atoms with E-state index >= 15 is 0 Å². The molecule has 0 saturated carbocycles. The van der Waals surface area contributed by atoms with E-state index in [2.05, 4.69) is 24.1 Å². The van der Waals surface area contributed by atoms with Crippen molar-refractivity contribution >= 4 is 5.97 Å². The maximum atomic E-state index is 12.1. The Kier molecular flexibility index (Phi) is 14.5. The lowest BCUT2D eigenvalue weighted by atomic mass is 10.1. The lowest BCUT2D eigenvalue weighted by molar-refractivity contribution is -0.150. The van der Waals surface area contributed by atoms with Crippen molar-refractivity contribution in [2.24, 2.45) is 0 Å². The Morgan fingerprint density at radius 1 is 0.973 bits per heavy atom. The lowest BCUT2D eigenvalue weighted by Gasteiger charge is -2.17. The van der Waals surface area contributed by atoms with Crippen LogP contribution in [0.25, 0.3) is 0 Å². The van der Waals surface area contributed by atoms with Crippen molar-refractivity contribution in [1.29, 1.82) is 0 Å². The first-order chi connectivity index (χ1) is 17.8. The molecule has 3 N–H and O–H groups in total. The van der Waals surface area contributed by atoms with E-state index in [-0.39, 0.29) is 24.6 Å². The van der Waals surface area contributed by atoms with Crippen LogP contribution in [0.4, 0.5) is 0 Å². The van der Waals surface area contributed by atoms with Crippen LogP contribution in [0.5, 0.6) is 0 Å². The smallest absolute Gasteiger partial charge is 0.330 e. The molecule has 0 spiro atoms. The number of aromatic nitrogens is 2. The van der Waals surface area contributed by atoms with Gasteiger partial charge in [-0.3, -0.25) is 19.1 Å². The second kappa shape index (κ2) is 17.3. The van der Waals surface area contributed by atoms with E-state index in [1.54, 1.807) is 0 Å². The van der Waals surface area contributed by atoms with Crippen LogP contribution in [-0.2, 0) is 14.3 Å². The van der Waals surface area contributed by atoms with Crippen molar-refractivity contribution in [3.8, 4) is 0 Å². The molecule has 0 unspecified atom stereocenters. The third kappa shape index (κ3) is 11.0. The lowest BCUT2D eigenvalue weighted by Crippen LogP contribution is -2.38. The zero-order valence-corrected chi connectivity index (χ0v) is 22.5. The molecule has 1 aromatic heterocycles. The van der Waals surface area contributed by atoms with E-state index < -0.39 is 35.8 Å². The number of H-pyrrole nitrogens is 1. The summed E-state index contributed by atoms with van der Waals surface area (Å²) in [5.74, 6) is -0.386. The maximum absolute atomic E-state index is 12.1. The third-order valence-electron chi connectivity index (χ3n) is 6.81. The quantitative estimate of drug-likeness (QED) is 0.151. The summed E-state index contributed by atoms with van der Waals surface area (Å²) in [4.78, 5) is 37.9. The number of ether oxygens (including phenoxy) is 2. The van der Waals surface area contributed by atoms with Gasteiger partial charge in [0.05, 0.1) is 0 Å². The molecule has 2 heterocycles. The molecular formula is C28H46N2O7. The number of hydrogen-bond acceptors (Lipinski definition) is 7. The number of allylic oxidation sites excluding steroid dienone is 2. The minimum Gasteiger partial charge on any atom is -0.463 e. The molecule has 0 bridgehead atoms. The fraction of sp³-hybridized carbons (Fsp3) is 0.750. The van der Waals surface area contributed by atoms with Crippen LogP contribution in [0.2, 0.25) is 0 Å². The Balaban J connectivity index is 1.53. The number of unbranched alkanes of at least 4 members (excludes halogenated alkanes) is 11. The van der Waals surface area contributed by atoms with Gasteiger partial charge in [-0.25, -0.2) is 4.79 Å². The monoisotopic (exact) mass is 522 g/mol. The van der Waals surface area contributed by atoms with Crippen molar-refractivity contribution in [2.45, 2.75) is 128 Å². The van der Waals surface area contributed by atoms with Gasteiger partial charge in [0.25, 0.3) is 5.56 Å². The highest BCUT2D eigenvalue weighted by Crippen LogP contribution is 2.28. The largest absolute Gasteiger partial charge is 0.463 e. The topological polar surface area (TPSA) is 131 Å². The Morgan fingerprint density at radius 2 is 1.57 bits per heavy atom. The molecule has 1 aliphatic rings. The number of aromatic amines is 1. The van der Waals surface area contributed by atoms with Crippen LogP contribution in [0, 0.1) is 6.92 Å². The summed E-state index contributed by atoms with van der Waals surface area (Å²) in [6.07, 6.45) is 16.6. The molecule has 0 aromatic carbocycles. The van der Waals surface area contributed by atoms with Crippen molar-refractivity contribution in [3.05, 3.63) is 44.8 Å². The number of hydrogen-bond donors (Lipinski definition) is 3. The number of nitrogens with one attached hydrogen (secondary N) is 1. The fourth-order valence-corrected chi connectivity index (χ4v) is 4.46. The number of aliphatic hydroxyl groups is 2. The van der Waals surface area contributed by atoms with Gasteiger partial charge in [-0.2, -0.15) is 0 Å². The number of nitrogens with zero attached hydrogens (tertiary/aromatic N) is 1. The van der Waals surface area contributed by atoms with Gasteiger partial charge in [0.15, 0.2) is 6.23 Å². The molecule has 1 saturated heterocycles. The van der Waals surface area contributed by atoms with Gasteiger partial charge in [-0.05, 0) is 39.0 Å². The van der Waals surface area contributed by atoms with Crippen LogP contribution in [0.3, 0.4) is 0 Å². The van der Waals surface area contributed by atoms with E-state index in [9.17, 15) is 24.6 Å². The molecule has 2 rings (SSSR count). The Bertz CT molecular complexity index is 939. The first-order valence-corrected chi connectivity index (χ1v) is 14.0. The Labute approximate surface area is 219 Å². The summed E-state index contributed by atoms with van der Waals surface area (Å²) < 4.78 is 11.8. The summed E-state index contributed by atoms with van der Waals surface area (Å²) >= 11 is 0. The molecule has 1 aromatic rings. The van der Waals surface area contributed by atoms with Crippen LogP contribution in [-0.4, -0.2) is 50.7 Å². The summed E-state index contributed by atoms with van der Waals surface area (Å²) in [5, 5.41) is 20.6. The second-order valence-electron chi connectivity index (χ2n) is 10.0. The average molecular weight is 523 g/mol. The van der Waals surface area contributed by atoms with Gasteiger partial charge in [0.1, 0.15) is 24.9 Å². The third-order valence-corrected chi connectivity index (χ3v) is 6.81. The van der Waals surface area contributed by atoms with E-state index in [4.69, 9.17) is 9.47 Å². The molecule has 0 amide bonds. The molecule has 9 heteroatoms. The van der Waals surface area contributed by atoms with E-state index in [1.807, 2.05) is 0 Å². The average Bonchev–Trinajstić information content (AvgIpc) is 3.15. The molecule has 0 radical (unpaired) electrons. The van der Waals surface area contributed by atoms with Gasteiger partial charge in [-0.1, -0.05) is 70.4 Å². The van der Waals surface area contributed by atoms with E-state index in [1.165, 1.54) is 58.1 Å². The highest BCUT2D eigenvalue weighted by Gasteiger charge is 2.44. The number of carbonyl (C=O) groups excluding carboxylic acids is 1. The van der Waals surface area contributed by atoms with Crippen molar-refractivity contribution < 1.29 is 24.5 Å². The van der Waals surface area contributed by atoms with Crippen LogP contribution in [0.15, 0.2) is 27.9 Å². The first kappa shape index (κ1) is 31.0. The Morgan fingerprint density at radius 3 is 2.22 bits per heavy atom. The normalized spacial score (nSPS) is 21.6. The molecule has 210 valence electrons. The highest BCUT2D eigenvalue weighted by molar-refractivity contribution is 5.69. The zero-order chi connectivity index (χ0) is 27.0. The number of aryl methyl sites for hydroxylation is 1. The molecule has 4 atom stereocenters. The van der Waals surface area contributed by atoms with E-state index in [0.29, 0.717) is 0 Å². The van der Waals surface area contributed by atoms with Crippen molar-refractivity contribution in [2.75, 3.05) is 6.61 Å². The standard InChI is InChI=1S/C28H46N2O7/c1-3-4-5-6-7-8-9-10-11-12-13-14-15-16-17-18-23(31)36-20-22-24(32)25(33)27(37-22)30-19-21(2)26(34)29-28(30)35/h10-11,19,22,24-25,27,32-33H,3-9,12-18,20H2,1-2H3,(H,29,34,35)/b11-10+/t22-,24-,25+,27-/m1/s1. The highest BCUT2D eigenvalue weighted by atomic mass is 16.6. The number of carbonyl (C=O) groups is 1. The molecule has 1 aliphatic heterocycles. The molecule has 1 fully saturated rings.